The van der Waals surface area contributed by atoms with Crippen LogP contribution in [0.3, 0.4) is 0 Å². The molecule has 0 amide bonds. The van der Waals surface area contributed by atoms with E-state index < -0.39 is 0 Å². The Morgan fingerprint density at radius 2 is 1.15 bits per heavy atom. The van der Waals surface area contributed by atoms with E-state index in [1.54, 1.807) is 0 Å². The lowest BCUT2D eigenvalue weighted by molar-refractivity contribution is 0.439. The molecule has 0 bridgehead atoms. The Labute approximate surface area is 165 Å². The number of aromatic hydroxyl groups is 1. The largest absolute Gasteiger partial charge is 0.507 e. The molecule has 3 N–H and O–H groups in total. The van der Waals surface area contributed by atoms with Crippen LogP contribution in [0.1, 0.15) is 86.1 Å². The quantitative estimate of drug-likeness (QED) is 0.604. The molecule has 0 aromatic heterocycles. The smallest absolute Gasteiger partial charge is 0.123 e. The summed E-state index contributed by atoms with van der Waals surface area (Å²) in [6.45, 7) is 21.6. The van der Waals surface area contributed by atoms with Gasteiger partial charge in [0.05, 0.1) is 0 Å². The summed E-state index contributed by atoms with van der Waals surface area (Å²) < 4.78 is 0. The summed E-state index contributed by atoms with van der Waals surface area (Å²) in [6.07, 6.45) is 0.645. The van der Waals surface area contributed by atoms with Crippen molar-refractivity contribution in [2.24, 2.45) is 0 Å². The third-order valence-electron chi connectivity index (χ3n) is 5.75. The fourth-order valence-electron chi connectivity index (χ4n) is 4.35. The van der Waals surface area contributed by atoms with Crippen LogP contribution < -0.4 is 5.73 Å². The van der Waals surface area contributed by atoms with E-state index in [1.807, 2.05) is 0 Å². The Bertz CT molecular complexity index is 804. The van der Waals surface area contributed by atoms with Gasteiger partial charge in [-0.15, -0.1) is 0 Å². The zero-order valence-corrected chi connectivity index (χ0v) is 18.9. The van der Waals surface area contributed by atoms with E-state index >= 15 is 0 Å². The molecule has 2 aromatic rings. The van der Waals surface area contributed by atoms with Gasteiger partial charge >= 0.3 is 0 Å². The summed E-state index contributed by atoms with van der Waals surface area (Å²) in [6, 6.07) is 4.30. The van der Waals surface area contributed by atoms with Crippen LogP contribution in [0.4, 0.5) is 5.69 Å². The Kier molecular flexibility index (Phi) is 5.45. The number of hydrogen-bond acceptors (Lipinski definition) is 2. The SMILES string of the molecule is Cc1cc(Cc2cc(C)c(C)c(C(C)(C)C)c2O)c(N)c(C(C)(C)C)c1C. The van der Waals surface area contributed by atoms with Gasteiger partial charge in [0.15, 0.2) is 0 Å². The first kappa shape index (κ1) is 21.3. The Morgan fingerprint density at radius 3 is 1.59 bits per heavy atom. The standard InChI is InChI=1S/C25H37NO/c1-14-11-18(22(26)20(16(14)3)24(5,6)7)13-19-12-15(2)17(4)21(23(19)27)25(8,9)10/h11-12,27H,13,26H2,1-10H3. The van der Waals surface area contributed by atoms with E-state index in [1.165, 1.54) is 27.8 Å². The van der Waals surface area contributed by atoms with Gasteiger partial charge in [0.2, 0.25) is 0 Å². The van der Waals surface area contributed by atoms with Gasteiger partial charge in [-0.3, -0.25) is 0 Å². The second-order valence-corrected chi connectivity index (χ2v) is 10.1. The van der Waals surface area contributed by atoms with Crippen LogP contribution in [0.5, 0.6) is 5.75 Å². The molecule has 0 aliphatic rings. The van der Waals surface area contributed by atoms with Gasteiger partial charge in [0, 0.05) is 17.7 Å². The van der Waals surface area contributed by atoms with Crippen LogP contribution in [0, 0.1) is 27.7 Å². The molecule has 0 atom stereocenters. The summed E-state index contributed by atoms with van der Waals surface area (Å²) in [5.74, 6) is 0.417. The van der Waals surface area contributed by atoms with Crippen LogP contribution in [0.2, 0.25) is 0 Å². The van der Waals surface area contributed by atoms with E-state index in [-0.39, 0.29) is 10.8 Å². The number of phenolic OH excluding ortho intramolecular Hbond substituents is 1. The molecule has 0 saturated heterocycles. The third kappa shape index (κ3) is 4.00. The predicted molar refractivity (Wildman–Crippen MR) is 118 cm³/mol. The number of phenols is 1. The van der Waals surface area contributed by atoms with Crippen molar-refractivity contribution in [2.75, 3.05) is 5.73 Å². The molecular formula is C25H37NO. The average molecular weight is 368 g/mol. The highest BCUT2D eigenvalue weighted by Gasteiger charge is 2.26. The fraction of sp³-hybridized carbons (Fsp3) is 0.520. The normalized spacial score (nSPS) is 12.5. The molecule has 148 valence electrons. The van der Waals surface area contributed by atoms with Gasteiger partial charge in [-0.1, -0.05) is 53.7 Å². The number of aryl methyl sites for hydroxylation is 2. The number of anilines is 1. The van der Waals surface area contributed by atoms with Gasteiger partial charge in [0.1, 0.15) is 5.75 Å². The van der Waals surface area contributed by atoms with E-state index in [2.05, 4.69) is 81.4 Å². The minimum Gasteiger partial charge on any atom is -0.507 e. The van der Waals surface area contributed by atoms with Gasteiger partial charge in [-0.05, 0) is 77.5 Å². The average Bonchev–Trinajstić information content (AvgIpc) is 2.47. The molecule has 27 heavy (non-hydrogen) atoms. The lowest BCUT2D eigenvalue weighted by Crippen LogP contribution is -2.18. The number of nitrogen functional groups attached to an aromatic ring is 1. The molecule has 0 radical (unpaired) electrons. The molecule has 0 saturated carbocycles. The van der Waals surface area contributed by atoms with Crippen molar-refractivity contribution in [2.45, 2.75) is 86.5 Å². The first-order valence-electron chi connectivity index (χ1n) is 9.87. The lowest BCUT2D eigenvalue weighted by atomic mass is 9.78. The van der Waals surface area contributed by atoms with Crippen molar-refractivity contribution < 1.29 is 5.11 Å². The first-order chi connectivity index (χ1) is 12.2. The third-order valence-corrected chi connectivity index (χ3v) is 5.75. The number of hydrogen-bond donors (Lipinski definition) is 2. The van der Waals surface area contributed by atoms with Crippen molar-refractivity contribution in [3.8, 4) is 5.75 Å². The highest BCUT2D eigenvalue weighted by Crippen LogP contribution is 2.40. The van der Waals surface area contributed by atoms with E-state index in [0.717, 1.165) is 22.4 Å². The molecule has 2 nitrogen and oxygen atoms in total. The Morgan fingerprint density at radius 1 is 0.741 bits per heavy atom. The summed E-state index contributed by atoms with van der Waals surface area (Å²) in [5, 5.41) is 11.1. The molecule has 0 spiro atoms. The van der Waals surface area contributed by atoms with Crippen LogP contribution in [0.25, 0.3) is 0 Å². The van der Waals surface area contributed by atoms with Crippen molar-refractivity contribution in [3.05, 3.63) is 56.6 Å². The zero-order chi connectivity index (χ0) is 20.9. The first-order valence-corrected chi connectivity index (χ1v) is 9.87. The molecule has 2 heteroatoms. The van der Waals surface area contributed by atoms with Crippen molar-refractivity contribution in [1.82, 2.24) is 0 Å². The maximum atomic E-state index is 11.1. The van der Waals surface area contributed by atoms with Gasteiger partial charge in [0.25, 0.3) is 0 Å². The van der Waals surface area contributed by atoms with E-state index in [0.29, 0.717) is 12.2 Å². The lowest BCUT2D eigenvalue weighted by Gasteiger charge is -2.28. The maximum Gasteiger partial charge on any atom is 0.123 e. The molecule has 0 fully saturated rings. The highest BCUT2D eigenvalue weighted by molar-refractivity contribution is 5.64. The molecule has 2 aromatic carbocycles. The second-order valence-electron chi connectivity index (χ2n) is 10.1. The maximum absolute atomic E-state index is 11.1. The van der Waals surface area contributed by atoms with E-state index in [9.17, 15) is 5.11 Å². The second kappa shape index (κ2) is 6.89. The summed E-state index contributed by atoms with van der Waals surface area (Å²) >= 11 is 0. The van der Waals surface area contributed by atoms with Gasteiger partial charge in [-0.2, -0.15) is 0 Å². The number of benzene rings is 2. The van der Waals surface area contributed by atoms with Gasteiger partial charge < -0.3 is 10.8 Å². The van der Waals surface area contributed by atoms with Crippen LogP contribution in [0.15, 0.2) is 12.1 Å². The molecule has 0 unspecified atom stereocenters. The number of nitrogens with two attached hydrogens (primary N) is 1. The number of rotatable bonds is 2. The topological polar surface area (TPSA) is 46.2 Å². The molecule has 0 aliphatic heterocycles. The molecule has 0 heterocycles. The highest BCUT2D eigenvalue weighted by atomic mass is 16.3. The van der Waals surface area contributed by atoms with Crippen LogP contribution >= 0.6 is 0 Å². The molecule has 0 aliphatic carbocycles. The Hall–Kier alpha value is -1.96. The summed E-state index contributed by atoms with van der Waals surface area (Å²) in [7, 11) is 0. The predicted octanol–water partition coefficient (Wildman–Crippen LogP) is 6.39. The van der Waals surface area contributed by atoms with Crippen molar-refractivity contribution in [3.63, 3.8) is 0 Å². The fourth-order valence-corrected chi connectivity index (χ4v) is 4.35. The Balaban J connectivity index is 2.69. The zero-order valence-electron chi connectivity index (χ0n) is 18.9. The van der Waals surface area contributed by atoms with Gasteiger partial charge in [-0.25, -0.2) is 0 Å². The van der Waals surface area contributed by atoms with Crippen molar-refractivity contribution in [1.29, 1.82) is 0 Å². The van der Waals surface area contributed by atoms with E-state index in [4.69, 9.17) is 5.73 Å². The summed E-state index contributed by atoms with van der Waals surface area (Å²) in [4.78, 5) is 0. The minimum atomic E-state index is -0.111. The minimum absolute atomic E-state index is 0.0171. The summed E-state index contributed by atoms with van der Waals surface area (Å²) in [5.41, 5.74) is 16.6. The molecular weight excluding hydrogens is 330 g/mol. The van der Waals surface area contributed by atoms with Crippen LogP contribution in [-0.4, -0.2) is 5.11 Å². The monoisotopic (exact) mass is 367 g/mol. The van der Waals surface area contributed by atoms with Crippen molar-refractivity contribution >= 4 is 5.69 Å². The molecule has 2 rings (SSSR count). The van der Waals surface area contributed by atoms with Crippen LogP contribution in [-0.2, 0) is 17.3 Å².